The van der Waals surface area contributed by atoms with E-state index in [4.69, 9.17) is 27.9 Å². The van der Waals surface area contributed by atoms with Crippen LogP contribution in [0.25, 0.3) is 0 Å². The summed E-state index contributed by atoms with van der Waals surface area (Å²) in [7, 11) is -2.80. The minimum Gasteiger partial charge on any atom is -0.495 e. The lowest BCUT2D eigenvalue weighted by molar-refractivity contribution is -0.140. The van der Waals surface area contributed by atoms with Crippen molar-refractivity contribution >= 4 is 50.7 Å². The highest BCUT2D eigenvalue weighted by atomic mass is 35.5. The Labute approximate surface area is 245 Å². The van der Waals surface area contributed by atoms with Gasteiger partial charge >= 0.3 is 0 Å². The van der Waals surface area contributed by atoms with Crippen LogP contribution in [0.3, 0.4) is 0 Å². The number of likely N-dealkylation sites (N-methyl/N-ethyl adjacent to an activating group) is 1. The van der Waals surface area contributed by atoms with E-state index in [1.807, 2.05) is 6.92 Å². The quantitative estimate of drug-likeness (QED) is 0.296. The van der Waals surface area contributed by atoms with E-state index < -0.39 is 28.5 Å². The van der Waals surface area contributed by atoms with Gasteiger partial charge in [-0.2, -0.15) is 0 Å². The van der Waals surface area contributed by atoms with Crippen molar-refractivity contribution in [2.45, 2.75) is 44.7 Å². The number of rotatable bonds is 12. The molecule has 0 aliphatic heterocycles. The van der Waals surface area contributed by atoms with Crippen molar-refractivity contribution in [2.75, 3.05) is 24.5 Å². The van der Waals surface area contributed by atoms with Crippen LogP contribution in [0.4, 0.5) is 5.69 Å². The molecule has 40 heavy (non-hydrogen) atoms. The third kappa shape index (κ3) is 7.08. The third-order valence-electron chi connectivity index (χ3n) is 6.34. The van der Waals surface area contributed by atoms with Gasteiger partial charge < -0.3 is 15.0 Å². The lowest BCUT2D eigenvalue weighted by Crippen LogP contribution is -2.52. The monoisotopic (exact) mass is 605 g/mol. The number of nitrogens with one attached hydrogen (secondary N) is 1. The molecule has 0 aliphatic carbocycles. The molecule has 8 nitrogen and oxygen atoms in total. The van der Waals surface area contributed by atoms with E-state index in [0.717, 1.165) is 9.87 Å². The Kier molecular flexibility index (Phi) is 10.8. The van der Waals surface area contributed by atoms with Crippen LogP contribution in [0.1, 0.15) is 31.4 Å². The predicted octanol–water partition coefficient (Wildman–Crippen LogP) is 5.45. The summed E-state index contributed by atoms with van der Waals surface area (Å²) in [5.41, 5.74) is 1.42. The van der Waals surface area contributed by atoms with Crippen molar-refractivity contribution in [1.82, 2.24) is 10.2 Å². The highest BCUT2D eigenvalue weighted by molar-refractivity contribution is 7.92. The number of carbonyl (C=O) groups is 2. The molecule has 0 spiro atoms. The van der Waals surface area contributed by atoms with Crippen LogP contribution in [0.15, 0.2) is 71.6 Å². The molecule has 3 aromatic rings. The first-order valence-corrected chi connectivity index (χ1v) is 15.0. The molecule has 0 radical (unpaired) electrons. The smallest absolute Gasteiger partial charge is 0.264 e. The predicted molar refractivity (Wildman–Crippen MR) is 158 cm³/mol. The Hall–Kier alpha value is -3.27. The third-order valence-corrected chi connectivity index (χ3v) is 8.82. The number of methoxy groups -OCH3 is 1. The highest BCUT2D eigenvalue weighted by Gasteiger charge is 2.35. The maximum atomic E-state index is 14.1. The minimum absolute atomic E-state index is 0.00262. The largest absolute Gasteiger partial charge is 0.495 e. The number of benzene rings is 3. The first-order chi connectivity index (χ1) is 19.0. The van der Waals surface area contributed by atoms with Crippen molar-refractivity contribution < 1.29 is 22.7 Å². The first-order valence-electron chi connectivity index (χ1n) is 12.8. The van der Waals surface area contributed by atoms with Gasteiger partial charge in [-0.25, -0.2) is 8.42 Å². The van der Waals surface area contributed by atoms with Crippen LogP contribution in [-0.4, -0.2) is 51.4 Å². The molecule has 1 N–H and O–H groups in total. The summed E-state index contributed by atoms with van der Waals surface area (Å²) >= 11 is 12.9. The molecular formula is C29H33Cl2N3O5S. The SMILES string of the molecule is CCNC(=O)[C@H](CC)N(Cc1c(Cl)cccc1Cl)C(=O)CN(c1cc(C)ccc1OC)S(=O)(=O)c1ccccc1. The van der Waals surface area contributed by atoms with E-state index in [1.54, 1.807) is 68.4 Å². The number of ether oxygens (including phenoxy) is 1. The number of sulfonamides is 1. The average Bonchev–Trinajstić information content (AvgIpc) is 2.93. The second kappa shape index (κ2) is 13.9. The molecule has 3 aromatic carbocycles. The van der Waals surface area contributed by atoms with Gasteiger partial charge in [0.25, 0.3) is 10.0 Å². The number of aryl methyl sites for hydroxylation is 1. The number of halogens is 2. The second-order valence-electron chi connectivity index (χ2n) is 9.04. The van der Waals surface area contributed by atoms with Gasteiger partial charge in [-0.1, -0.05) is 60.5 Å². The number of hydrogen-bond donors (Lipinski definition) is 1. The fourth-order valence-electron chi connectivity index (χ4n) is 4.29. The summed E-state index contributed by atoms with van der Waals surface area (Å²) in [6, 6.07) is 17.0. The van der Waals surface area contributed by atoms with E-state index in [9.17, 15) is 18.0 Å². The number of anilines is 1. The molecule has 0 aliphatic rings. The topological polar surface area (TPSA) is 96.0 Å². The Bertz CT molecular complexity index is 1430. The Morgan fingerprint density at radius 3 is 2.20 bits per heavy atom. The van der Waals surface area contributed by atoms with Crippen molar-refractivity contribution in [2.24, 2.45) is 0 Å². The van der Waals surface area contributed by atoms with Gasteiger partial charge in [-0.05, 0) is 62.2 Å². The van der Waals surface area contributed by atoms with E-state index >= 15 is 0 Å². The fourth-order valence-corrected chi connectivity index (χ4v) is 6.25. The van der Waals surface area contributed by atoms with Crippen molar-refractivity contribution in [1.29, 1.82) is 0 Å². The number of amides is 2. The van der Waals surface area contributed by atoms with Crippen molar-refractivity contribution in [3.63, 3.8) is 0 Å². The fraction of sp³-hybridized carbons (Fsp3) is 0.310. The van der Waals surface area contributed by atoms with Crippen LogP contribution in [0, 0.1) is 6.92 Å². The molecule has 11 heteroatoms. The van der Waals surface area contributed by atoms with Crippen molar-refractivity contribution in [3.05, 3.63) is 87.9 Å². The summed E-state index contributed by atoms with van der Waals surface area (Å²) in [5.74, 6) is -0.710. The molecule has 0 aromatic heterocycles. The minimum atomic E-state index is -4.23. The van der Waals surface area contributed by atoms with Gasteiger partial charge in [-0.15, -0.1) is 0 Å². The lowest BCUT2D eigenvalue weighted by Gasteiger charge is -2.33. The summed E-state index contributed by atoms with van der Waals surface area (Å²) in [6.45, 7) is 5.02. The Morgan fingerprint density at radius 1 is 0.975 bits per heavy atom. The van der Waals surface area contributed by atoms with E-state index in [0.29, 0.717) is 22.2 Å². The Morgan fingerprint density at radius 2 is 1.62 bits per heavy atom. The molecule has 0 heterocycles. The molecule has 1 atom stereocenters. The van der Waals surface area contributed by atoms with Gasteiger partial charge in [0, 0.05) is 28.7 Å². The van der Waals surface area contributed by atoms with Gasteiger partial charge in [0.05, 0.1) is 17.7 Å². The van der Waals surface area contributed by atoms with Gasteiger partial charge in [0.1, 0.15) is 18.3 Å². The van der Waals surface area contributed by atoms with E-state index in [-0.39, 0.29) is 35.2 Å². The first kappa shape index (κ1) is 31.3. The van der Waals surface area contributed by atoms with Crippen LogP contribution in [-0.2, 0) is 26.2 Å². The summed E-state index contributed by atoms with van der Waals surface area (Å²) in [6.07, 6.45) is 0.277. The molecule has 0 saturated heterocycles. The highest BCUT2D eigenvalue weighted by Crippen LogP contribution is 2.34. The molecule has 0 saturated carbocycles. The van der Waals surface area contributed by atoms with Crippen LogP contribution >= 0.6 is 23.2 Å². The maximum Gasteiger partial charge on any atom is 0.264 e. The second-order valence-corrected chi connectivity index (χ2v) is 11.7. The lowest BCUT2D eigenvalue weighted by atomic mass is 10.1. The van der Waals surface area contributed by atoms with E-state index in [1.165, 1.54) is 24.1 Å². The zero-order valence-electron chi connectivity index (χ0n) is 22.9. The Balaban J connectivity index is 2.16. The zero-order chi connectivity index (χ0) is 29.4. The van der Waals surface area contributed by atoms with E-state index in [2.05, 4.69) is 5.32 Å². The summed E-state index contributed by atoms with van der Waals surface area (Å²) in [5, 5.41) is 3.41. The maximum absolute atomic E-state index is 14.1. The van der Waals surface area contributed by atoms with Crippen LogP contribution in [0.5, 0.6) is 5.75 Å². The summed E-state index contributed by atoms with van der Waals surface area (Å²) < 4.78 is 34.5. The van der Waals surface area contributed by atoms with Crippen LogP contribution < -0.4 is 14.4 Å². The average molecular weight is 607 g/mol. The molecular weight excluding hydrogens is 573 g/mol. The van der Waals surface area contributed by atoms with Crippen LogP contribution in [0.2, 0.25) is 10.0 Å². The molecule has 0 fully saturated rings. The number of nitrogens with zero attached hydrogens (tertiary/aromatic N) is 2. The van der Waals surface area contributed by atoms with Gasteiger partial charge in [-0.3, -0.25) is 13.9 Å². The molecule has 214 valence electrons. The molecule has 2 amide bonds. The summed E-state index contributed by atoms with van der Waals surface area (Å²) in [4.78, 5) is 28.5. The van der Waals surface area contributed by atoms with Crippen molar-refractivity contribution in [3.8, 4) is 5.75 Å². The molecule has 3 rings (SSSR count). The number of carbonyl (C=O) groups excluding carboxylic acids is 2. The molecule has 0 unspecified atom stereocenters. The molecule has 0 bridgehead atoms. The number of hydrogen-bond acceptors (Lipinski definition) is 5. The normalized spacial score (nSPS) is 11.9. The van der Waals surface area contributed by atoms with Gasteiger partial charge in [0.2, 0.25) is 11.8 Å². The van der Waals surface area contributed by atoms with Gasteiger partial charge in [0.15, 0.2) is 0 Å². The standard InChI is InChI=1S/C29H33Cl2N3O5S/c1-5-25(29(36)32-6-2)33(18-22-23(30)13-10-14-24(22)31)28(35)19-34(26-17-20(3)15-16-27(26)39-4)40(37,38)21-11-8-7-9-12-21/h7-17,25H,5-6,18-19H2,1-4H3,(H,32,36)/t25-/m0/s1. The zero-order valence-corrected chi connectivity index (χ0v) is 25.2.